The number of amides is 1. The van der Waals surface area contributed by atoms with Gasteiger partial charge in [-0.25, -0.2) is 0 Å². The Hall–Kier alpha value is -0.810. The average molecular weight is 374 g/mol. The molecule has 1 aromatic rings. The van der Waals surface area contributed by atoms with Crippen molar-refractivity contribution in [2.24, 2.45) is 5.73 Å². The summed E-state index contributed by atoms with van der Waals surface area (Å²) in [5.74, 6) is 0.245. The lowest BCUT2D eigenvalue weighted by atomic mass is 9.75. The maximum Gasteiger partial charge on any atom is 0.224 e. The van der Waals surface area contributed by atoms with Gasteiger partial charge in [0.1, 0.15) is 0 Å². The molecule has 0 aromatic heterocycles. The predicted octanol–water partition coefficient (Wildman–Crippen LogP) is 2.83. The van der Waals surface area contributed by atoms with Crippen LogP contribution >= 0.6 is 24.8 Å². The molecule has 1 saturated heterocycles. The van der Waals surface area contributed by atoms with Gasteiger partial charge in [0.05, 0.1) is 0 Å². The highest BCUT2D eigenvalue weighted by Crippen LogP contribution is 2.33. The second-order valence-corrected chi connectivity index (χ2v) is 7.05. The second-order valence-electron chi connectivity index (χ2n) is 7.05. The van der Waals surface area contributed by atoms with E-state index < -0.39 is 0 Å². The molecule has 2 fully saturated rings. The van der Waals surface area contributed by atoms with Gasteiger partial charge in [0.15, 0.2) is 0 Å². The first-order chi connectivity index (χ1) is 10.6. The van der Waals surface area contributed by atoms with Crippen LogP contribution in [-0.2, 0) is 11.3 Å². The molecular formula is C18H29Cl2N3O. The molecule has 1 aliphatic heterocycles. The molecule has 1 amide bonds. The fourth-order valence-corrected chi connectivity index (χ4v) is 3.60. The molecule has 4 nitrogen and oxygen atoms in total. The van der Waals surface area contributed by atoms with Crippen LogP contribution in [0.25, 0.3) is 0 Å². The van der Waals surface area contributed by atoms with E-state index in [4.69, 9.17) is 5.73 Å². The summed E-state index contributed by atoms with van der Waals surface area (Å²) in [7, 11) is 0. The van der Waals surface area contributed by atoms with E-state index in [9.17, 15) is 4.79 Å². The Morgan fingerprint density at radius 1 is 1.21 bits per heavy atom. The van der Waals surface area contributed by atoms with E-state index in [0.29, 0.717) is 6.42 Å². The molecule has 6 heteroatoms. The molecular weight excluding hydrogens is 345 g/mol. The molecule has 136 valence electrons. The van der Waals surface area contributed by atoms with Gasteiger partial charge in [-0.15, -0.1) is 24.8 Å². The molecule has 0 spiro atoms. The standard InChI is InChI=1S/C18H27N3O.2ClH/c1-15-13-20(14-16-6-3-2-4-7-16)10-11-21(15)17(22)12-18(19)8-5-9-18;;/h2-4,6-7,15H,5,8-14,19H2,1H3;2*1H. The monoisotopic (exact) mass is 373 g/mol. The first-order valence-electron chi connectivity index (χ1n) is 8.40. The van der Waals surface area contributed by atoms with Crippen molar-refractivity contribution in [3.05, 3.63) is 35.9 Å². The Morgan fingerprint density at radius 2 is 1.88 bits per heavy atom. The summed E-state index contributed by atoms with van der Waals surface area (Å²) < 4.78 is 0. The average Bonchev–Trinajstić information content (AvgIpc) is 2.46. The smallest absolute Gasteiger partial charge is 0.224 e. The highest BCUT2D eigenvalue weighted by molar-refractivity contribution is 5.85. The molecule has 2 aliphatic rings. The number of carbonyl (C=O) groups is 1. The van der Waals surface area contributed by atoms with Crippen molar-refractivity contribution < 1.29 is 4.79 Å². The number of piperazine rings is 1. The van der Waals surface area contributed by atoms with Gasteiger partial charge in [-0.1, -0.05) is 30.3 Å². The molecule has 24 heavy (non-hydrogen) atoms. The zero-order chi connectivity index (χ0) is 15.6. The first-order valence-corrected chi connectivity index (χ1v) is 8.40. The fourth-order valence-electron chi connectivity index (χ4n) is 3.60. The summed E-state index contributed by atoms with van der Waals surface area (Å²) in [5, 5.41) is 0. The van der Waals surface area contributed by atoms with E-state index >= 15 is 0 Å². The van der Waals surface area contributed by atoms with Crippen LogP contribution in [0.4, 0.5) is 0 Å². The number of hydrogen-bond donors (Lipinski definition) is 1. The van der Waals surface area contributed by atoms with Gasteiger partial charge in [0.2, 0.25) is 5.91 Å². The van der Waals surface area contributed by atoms with Crippen LogP contribution in [0.15, 0.2) is 30.3 Å². The summed E-state index contributed by atoms with van der Waals surface area (Å²) in [6.07, 6.45) is 3.70. The molecule has 1 atom stereocenters. The Labute approximate surface area is 157 Å². The fraction of sp³-hybridized carbons (Fsp3) is 0.611. The van der Waals surface area contributed by atoms with Crippen molar-refractivity contribution in [2.45, 2.75) is 50.7 Å². The van der Waals surface area contributed by atoms with Crippen molar-refractivity contribution in [3.63, 3.8) is 0 Å². The highest BCUT2D eigenvalue weighted by Gasteiger charge is 2.37. The van der Waals surface area contributed by atoms with Gasteiger partial charge in [-0.05, 0) is 31.7 Å². The summed E-state index contributed by atoms with van der Waals surface area (Å²) in [5.41, 5.74) is 7.35. The first kappa shape index (κ1) is 21.2. The van der Waals surface area contributed by atoms with E-state index in [-0.39, 0.29) is 42.3 Å². The number of hydrogen-bond acceptors (Lipinski definition) is 3. The van der Waals surface area contributed by atoms with Crippen molar-refractivity contribution in [3.8, 4) is 0 Å². The Bertz CT molecular complexity index is 522. The molecule has 2 N–H and O–H groups in total. The van der Waals surface area contributed by atoms with E-state index in [1.165, 1.54) is 12.0 Å². The van der Waals surface area contributed by atoms with Crippen LogP contribution in [0.3, 0.4) is 0 Å². The molecule has 1 heterocycles. The third-order valence-corrected chi connectivity index (χ3v) is 5.13. The summed E-state index contributed by atoms with van der Waals surface area (Å²) in [6, 6.07) is 10.8. The topological polar surface area (TPSA) is 49.6 Å². The summed E-state index contributed by atoms with van der Waals surface area (Å²) >= 11 is 0. The molecule has 1 aromatic carbocycles. The minimum absolute atomic E-state index is 0. The molecule has 1 unspecified atom stereocenters. The van der Waals surface area contributed by atoms with Crippen LogP contribution in [-0.4, -0.2) is 46.9 Å². The Balaban J connectivity index is 0.00000144. The van der Waals surface area contributed by atoms with Crippen molar-refractivity contribution in [1.29, 1.82) is 0 Å². The van der Waals surface area contributed by atoms with Gasteiger partial charge in [0.25, 0.3) is 0 Å². The van der Waals surface area contributed by atoms with Crippen molar-refractivity contribution in [1.82, 2.24) is 9.80 Å². The van der Waals surface area contributed by atoms with Gasteiger partial charge < -0.3 is 10.6 Å². The predicted molar refractivity (Wildman–Crippen MR) is 103 cm³/mol. The SMILES string of the molecule is CC1CN(Cc2ccccc2)CCN1C(=O)CC1(N)CCC1.Cl.Cl. The van der Waals surface area contributed by atoms with Gasteiger partial charge >= 0.3 is 0 Å². The summed E-state index contributed by atoms with van der Waals surface area (Å²) in [4.78, 5) is 17.0. The van der Waals surface area contributed by atoms with Gasteiger partial charge in [0, 0.05) is 44.2 Å². The molecule has 0 bridgehead atoms. The minimum Gasteiger partial charge on any atom is -0.337 e. The number of nitrogens with two attached hydrogens (primary N) is 1. The van der Waals surface area contributed by atoms with Crippen molar-refractivity contribution >= 4 is 30.7 Å². The molecule has 1 aliphatic carbocycles. The van der Waals surface area contributed by atoms with Crippen LogP contribution in [0, 0.1) is 0 Å². The quantitative estimate of drug-likeness (QED) is 0.882. The van der Waals surface area contributed by atoms with Crippen molar-refractivity contribution in [2.75, 3.05) is 19.6 Å². The summed E-state index contributed by atoms with van der Waals surface area (Å²) in [6.45, 7) is 5.83. The van der Waals surface area contributed by atoms with Crippen LogP contribution in [0.5, 0.6) is 0 Å². The zero-order valence-electron chi connectivity index (χ0n) is 14.3. The largest absolute Gasteiger partial charge is 0.337 e. The minimum atomic E-state index is -0.210. The van der Waals surface area contributed by atoms with Crippen LogP contribution < -0.4 is 5.73 Å². The van der Waals surface area contributed by atoms with E-state index in [0.717, 1.165) is 39.0 Å². The van der Waals surface area contributed by atoms with E-state index in [2.05, 4.69) is 36.1 Å². The number of benzene rings is 1. The number of carbonyl (C=O) groups excluding carboxylic acids is 1. The van der Waals surface area contributed by atoms with Crippen LogP contribution in [0.1, 0.15) is 38.2 Å². The number of halogens is 2. The number of rotatable bonds is 4. The number of nitrogens with zero attached hydrogens (tertiary/aromatic N) is 2. The lowest BCUT2D eigenvalue weighted by Gasteiger charge is -2.43. The van der Waals surface area contributed by atoms with E-state index in [1.807, 2.05) is 11.0 Å². The Kier molecular flexibility index (Phi) is 8.00. The second kappa shape index (κ2) is 9.04. The highest BCUT2D eigenvalue weighted by atomic mass is 35.5. The lowest BCUT2D eigenvalue weighted by Crippen LogP contribution is -2.57. The maximum absolute atomic E-state index is 12.5. The van der Waals surface area contributed by atoms with E-state index in [1.54, 1.807) is 0 Å². The van der Waals surface area contributed by atoms with Crippen LogP contribution in [0.2, 0.25) is 0 Å². The molecule has 3 rings (SSSR count). The zero-order valence-corrected chi connectivity index (χ0v) is 16.0. The molecule has 0 radical (unpaired) electrons. The lowest BCUT2D eigenvalue weighted by molar-refractivity contribution is -0.137. The maximum atomic E-state index is 12.5. The molecule has 1 saturated carbocycles. The third-order valence-electron chi connectivity index (χ3n) is 5.13. The van der Waals surface area contributed by atoms with Gasteiger partial charge in [-0.3, -0.25) is 9.69 Å². The third kappa shape index (κ3) is 5.09. The van der Waals surface area contributed by atoms with Gasteiger partial charge in [-0.2, -0.15) is 0 Å². The normalized spacial score (nSPS) is 22.8. The Morgan fingerprint density at radius 3 is 2.42 bits per heavy atom.